The number of hydrogen-bond donors (Lipinski definition) is 1. The van der Waals surface area contributed by atoms with Gasteiger partial charge in [0.15, 0.2) is 0 Å². The van der Waals surface area contributed by atoms with Crippen molar-refractivity contribution in [1.82, 2.24) is 20.1 Å². The van der Waals surface area contributed by atoms with Crippen LogP contribution in [0.15, 0.2) is 30.9 Å². The minimum absolute atomic E-state index is 0.369. The first kappa shape index (κ1) is 12.8. The van der Waals surface area contributed by atoms with Crippen LogP contribution in [0.2, 0.25) is 0 Å². The van der Waals surface area contributed by atoms with Gasteiger partial charge in [0.25, 0.3) is 0 Å². The lowest BCUT2D eigenvalue weighted by Crippen LogP contribution is -2.30. The van der Waals surface area contributed by atoms with E-state index in [4.69, 9.17) is 0 Å². The fourth-order valence-corrected chi connectivity index (χ4v) is 1.88. The summed E-state index contributed by atoms with van der Waals surface area (Å²) in [6.07, 6.45) is 3.31. The monoisotopic (exact) mass is 244 g/mol. The van der Waals surface area contributed by atoms with E-state index in [0.29, 0.717) is 6.04 Å². The van der Waals surface area contributed by atoms with Crippen LogP contribution in [0.4, 0.5) is 0 Å². The summed E-state index contributed by atoms with van der Waals surface area (Å²) in [5.41, 5.74) is 4.01. The van der Waals surface area contributed by atoms with Gasteiger partial charge in [-0.3, -0.25) is 4.68 Å². The van der Waals surface area contributed by atoms with Crippen LogP contribution in [0.5, 0.6) is 0 Å². The van der Waals surface area contributed by atoms with E-state index in [2.05, 4.69) is 54.4 Å². The zero-order valence-electron chi connectivity index (χ0n) is 11.2. The van der Waals surface area contributed by atoms with Crippen molar-refractivity contribution < 1.29 is 0 Å². The van der Waals surface area contributed by atoms with Crippen LogP contribution in [0.3, 0.4) is 0 Å². The quantitative estimate of drug-likeness (QED) is 0.875. The predicted octanol–water partition coefficient (Wildman–Crippen LogP) is 2.07. The van der Waals surface area contributed by atoms with Crippen LogP contribution in [0.25, 0.3) is 0 Å². The molecule has 0 saturated carbocycles. The van der Waals surface area contributed by atoms with Gasteiger partial charge in [-0.05, 0) is 37.5 Å². The Morgan fingerprint density at radius 1 is 1.28 bits per heavy atom. The Labute approximate surface area is 108 Å². The first-order valence-electron chi connectivity index (χ1n) is 6.27. The van der Waals surface area contributed by atoms with E-state index in [-0.39, 0.29) is 0 Å². The van der Waals surface area contributed by atoms with E-state index >= 15 is 0 Å². The highest BCUT2D eigenvalue weighted by Crippen LogP contribution is 2.09. The topological polar surface area (TPSA) is 42.7 Å². The summed E-state index contributed by atoms with van der Waals surface area (Å²) in [6.45, 7) is 8.17. The Morgan fingerprint density at radius 2 is 2.11 bits per heavy atom. The molecule has 1 unspecified atom stereocenters. The Kier molecular flexibility index (Phi) is 4.10. The third-order valence-corrected chi connectivity index (χ3v) is 3.15. The Morgan fingerprint density at radius 3 is 2.78 bits per heavy atom. The van der Waals surface area contributed by atoms with Gasteiger partial charge in [-0.25, -0.2) is 4.98 Å². The second kappa shape index (κ2) is 5.78. The molecule has 0 aliphatic rings. The van der Waals surface area contributed by atoms with Gasteiger partial charge in [-0.15, -0.1) is 0 Å². The van der Waals surface area contributed by atoms with Gasteiger partial charge in [-0.1, -0.05) is 18.2 Å². The summed E-state index contributed by atoms with van der Waals surface area (Å²) in [7, 11) is 0. The second-order valence-corrected chi connectivity index (χ2v) is 4.82. The average Bonchev–Trinajstić information content (AvgIpc) is 2.83. The molecule has 2 rings (SSSR count). The van der Waals surface area contributed by atoms with Gasteiger partial charge in [-0.2, -0.15) is 5.10 Å². The zero-order chi connectivity index (χ0) is 13.0. The molecule has 0 amide bonds. The average molecular weight is 244 g/mol. The van der Waals surface area contributed by atoms with Crippen molar-refractivity contribution in [3.05, 3.63) is 47.5 Å². The summed E-state index contributed by atoms with van der Waals surface area (Å²) in [6, 6.07) is 6.96. The third-order valence-electron chi connectivity index (χ3n) is 3.15. The maximum Gasteiger partial charge on any atom is 0.137 e. The molecule has 1 aromatic carbocycles. The fourth-order valence-electron chi connectivity index (χ4n) is 1.88. The zero-order valence-corrected chi connectivity index (χ0v) is 11.2. The standard InChI is InChI=1S/C14H20N4/c1-11-4-5-14(6-12(11)2)7-16-13(3)8-18-10-15-9-17-18/h4-6,9-10,13,16H,7-8H2,1-3H3. The molecular formula is C14H20N4. The highest BCUT2D eigenvalue weighted by atomic mass is 15.3. The van der Waals surface area contributed by atoms with Crippen LogP contribution in [0.1, 0.15) is 23.6 Å². The Hall–Kier alpha value is -1.68. The largest absolute Gasteiger partial charge is 0.308 e. The van der Waals surface area contributed by atoms with Gasteiger partial charge >= 0.3 is 0 Å². The molecule has 4 heteroatoms. The number of rotatable bonds is 5. The van der Waals surface area contributed by atoms with E-state index in [1.54, 1.807) is 12.7 Å². The molecule has 96 valence electrons. The van der Waals surface area contributed by atoms with Gasteiger partial charge in [0.2, 0.25) is 0 Å². The highest BCUT2D eigenvalue weighted by molar-refractivity contribution is 5.29. The van der Waals surface area contributed by atoms with Crippen molar-refractivity contribution in [3.8, 4) is 0 Å². The molecule has 0 saturated heterocycles. The first-order valence-corrected chi connectivity index (χ1v) is 6.27. The highest BCUT2D eigenvalue weighted by Gasteiger charge is 2.03. The molecule has 1 aromatic heterocycles. The molecule has 1 atom stereocenters. The lowest BCUT2D eigenvalue weighted by Gasteiger charge is -2.14. The number of aromatic nitrogens is 3. The number of benzene rings is 1. The fraction of sp³-hybridized carbons (Fsp3) is 0.429. The van der Waals surface area contributed by atoms with Crippen LogP contribution in [-0.2, 0) is 13.1 Å². The predicted molar refractivity (Wildman–Crippen MR) is 72.2 cm³/mol. The second-order valence-electron chi connectivity index (χ2n) is 4.82. The van der Waals surface area contributed by atoms with E-state index in [1.165, 1.54) is 16.7 Å². The van der Waals surface area contributed by atoms with Crippen LogP contribution in [-0.4, -0.2) is 20.8 Å². The molecule has 0 fully saturated rings. The molecule has 1 N–H and O–H groups in total. The number of hydrogen-bond acceptors (Lipinski definition) is 3. The van der Waals surface area contributed by atoms with Gasteiger partial charge < -0.3 is 5.32 Å². The summed E-state index contributed by atoms with van der Waals surface area (Å²) in [5, 5.41) is 7.60. The van der Waals surface area contributed by atoms with Crippen molar-refractivity contribution in [1.29, 1.82) is 0 Å². The maximum absolute atomic E-state index is 4.10. The normalized spacial score (nSPS) is 12.6. The first-order chi connectivity index (χ1) is 8.65. The molecular weight excluding hydrogens is 224 g/mol. The third kappa shape index (κ3) is 3.40. The molecule has 0 aliphatic carbocycles. The Bertz CT molecular complexity index is 491. The van der Waals surface area contributed by atoms with Gasteiger partial charge in [0.05, 0.1) is 6.54 Å². The summed E-state index contributed by atoms with van der Waals surface area (Å²) < 4.78 is 1.85. The summed E-state index contributed by atoms with van der Waals surface area (Å²) in [5.74, 6) is 0. The van der Waals surface area contributed by atoms with Crippen molar-refractivity contribution in [2.45, 2.75) is 39.9 Å². The summed E-state index contributed by atoms with van der Waals surface area (Å²) in [4.78, 5) is 3.94. The van der Waals surface area contributed by atoms with Crippen molar-refractivity contribution in [2.24, 2.45) is 0 Å². The lowest BCUT2D eigenvalue weighted by atomic mass is 10.1. The van der Waals surface area contributed by atoms with E-state index in [9.17, 15) is 0 Å². The molecule has 0 bridgehead atoms. The molecule has 0 spiro atoms. The molecule has 2 aromatic rings. The number of nitrogens with one attached hydrogen (secondary N) is 1. The molecule has 18 heavy (non-hydrogen) atoms. The number of aryl methyl sites for hydroxylation is 2. The maximum atomic E-state index is 4.10. The smallest absolute Gasteiger partial charge is 0.137 e. The minimum Gasteiger partial charge on any atom is -0.308 e. The molecule has 0 radical (unpaired) electrons. The molecule has 4 nitrogen and oxygen atoms in total. The van der Waals surface area contributed by atoms with E-state index in [0.717, 1.165) is 13.1 Å². The van der Waals surface area contributed by atoms with Crippen LogP contribution < -0.4 is 5.32 Å². The number of nitrogens with zero attached hydrogens (tertiary/aromatic N) is 3. The van der Waals surface area contributed by atoms with Crippen molar-refractivity contribution in [3.63, 3.8) is 0 Å². The van der Waals surface area contributed by atoms with Gasteiger partial charge in [0.1, 0.15) is 12.7 Å². The Balaban J connectivity index is 1.85. The van der Waals surface area contributed by atoms with Crippen LogP contribution in [0, 0.1) is 13.8 Å². The SMILES string of the molecule is Cc1ccc(CNC(C)Cn2cncn2)cc1C. The summed E-state index contributed by atoms with van der Waals surface area (Å²) >= 11 is 0. The minimum atomic E-state index is 0.369. The van der Waals surface area contributed by atoms with Crippen molar-refractivity contribution in [2.75, 3.05) is 0 Å². The van der Waals surface area contributed by atoms with Crippen LogP contribution >= 0.6 is 0 Å². The lowest BCUT2D eigenvalue weighted by molar-refractivity contribution is 0.450. The van der Waals surface area contributed by atoms with Crippen molar-refractivity contribution >= 4 is 0 Å². The van der Waals surface area contributed by atoms with Gasteiger partial charge in [0, 0.05) is 12.6 Å². The molecule has 1 heterocycles. The van der Waals surface area contributed by atoms with E-state index < -0.39 is 0 Å². The molecule has 0 aliphatic heterocycles. The van der Waals surface area contributed by atoms with E-state index in [1.807, 2.05) is 4.68 Å².